The number of hydrogen-bond acceptors (Lipinski definition) is 2. The van der Waals surface area contributed by atoms with Crippen LogP contribution in [0.15, 0.2) is 12.2 Å². The minimum absolute atomic E-state index is 0.302. The average molecular weight is 284 g/mol. The van der Waals surface area contributed by atoms with Crippen LogP contribution in [-0.4, -0.2) is 22.2 Å². The summed E-state index contributed by atoms with van der Waals surface area (Å²) in [5, 5.41) is 16.9. The molecule has 0 fully saturated rings. The average Bonchev–Trinajstić information content (AvgIpc) is 2.38. The van der Waals surface area contributed by atoms with Gasteiger partial charge in [0.2, 0.25) is 0 Å². The zero-order valence-corrected chi connectivity index (χ0v) is 12.4. The van der Waals surface area contributed by atoms with Crippen molar-refractivity contribution in [2.75, 3.05) is 0 Å². The molecule has 0 aliphatic rings. The Morgan fingerprint density at radius 3 is 1.60 bits per heavy atom. The minimum atomic E-state index is -0.867. The molecule has 0 radical (unpaired) electrons. The van der Waals surface area contributed by atoms with Crippen molar-refractivity contribution < 1.29 is 19.8 Å². The van der Waals surface area contributed by atoms with E-state index in [4.69, 9.17) is 10.2 Å². The molecule has 0 amide bonds. The van der Waals surface area contributed by atoms with E-state index < -0.39 is 11.9 Å². The van der Waals surface area contributed by atoms with Crippen LogP contribution < -0.4 is 0 Å². The highest BCUT2D eigenvalue weighted by atomic mass is 16.4. The smallest absolute Gasteiger partial charge is 0.327 e. The summed E-state index contributed by atoms with van der Waals surface area (Å²) < 4.78 is 0. The van der Waals surface area contributed by atoms with Crippen LogP contribution in [-0.2, 0) is 9.59 Å². The lowest BCUT2D eigenvalue weighted by molar-refractivity contribution is -0.137. The predicted molar refractivity (Wildman–Crippen MR) is 79.8 cm³/mol. The zero-order valence-electron chi connectivity index (χ0n) is 12.4. The molecule has 0 spiro atoms. The number of hydrogen-bond donors (Lipinski definition) is 2. The van der Waals surface area contributed by atoms with Crippen LogP contribution >= 0.6 is 0 Å². The summed E-state index contributed by atoms with van der Waals surface area (Å²) in [6, 6.07) is 0. The van der Waals surface area contributed by atoms with Gasteiger partial charge >= 0.3 is 11.9 Å². The van der Waals surface area contributed by atoms with Crippen LogP contribution in [0.3, 0.4) is 0 Å². The van der Waals surface area contributed by atoms with Gasteiger partial charge in [-0.2, -0.15) is 0 Å². The van der Waals surface area contributed by atoms with Crippen LogP contribution in [0.2, 0.25) is 0 Å². The largest absolute Gasteiger partial charge is 0.481 e. The molecule has 116 valence electrons. The van der Waals surface area contributed by atoms with Crippen LogP contribution in [0.5, 0.6) is 0 Å². The number of unbranched alkanes of at least 4 members (excludes halogenated alkanes) is 10. The maximum absolute atomic E-state index is 10.3. The summed E-state index contributed by atoms with van der Waals surface area (Å²) in [6.45, 7) is 0. The lowest BCUT2D eigenvalue weighted by atomic mass is 10.1. The van der Waals surface area contributed by atoms with Gasteiger partial charge in [0, 0.05) is 12.5 Å². The van der Waals surface area contributed by atoms with Crippen molar-refractivity contribution in [2.24, 2.45) is 0 Å². The quantitative estimate of drug-likeness (QED) is 0.366. The number of carbonyl (C=O) groups is 2. The first-order valence-electron chi connectivity index (χ1n) is 7.74. The van der Waals surface area contributed by atoms with Gasteiger partial charge in [-0.3, -0.25) is 4.79 Å². The third-order valence-electron chi connectivity index (χ3n) is 3.27. The van der Waals surface area contributed by atoms with Gasteiger partial charge in [-0.1, -0.05) is 57.4 Å². The van der Waals surface area contributed by atoms with Gasteiger partial charge < -0.3 is 10.2 Å². The van der Waals surface area contributed by atoms with Crippen molar-refractivity contribution in [3.8, 4) is 0 Å². The number of aliphatic carboxylic acids is 2. The Hall–Kier alpha value is -1.32. The third kappa shape index (κ3) is 16.7. The first-order valence-corrected chi connectivity index (χ1v) is 7.74. The molecule has 0 aromatic carbocycles. The summed E-state index contributed by atoms with van der Waals surface area (Å²) in [4.78, 5) is 20.5. The molecule has 4 nitrogen and oxygen atoms in total. The van der Waals surface area contributed by atoms with Crippen molar-refractivity contribution in [3.05, 3.63) is 12.2 Å². The normalized spacial score (nSPS) is 11.0. The van der Waals surface area contributed by atoms with E-state index in [9.17, 15) is 9.59 Å². The minimum Gasteiger partial charge on any atom is -0.481 e. The van der Waals surface area contributed by atoms with Crippen molar-refractivity contribution >= 4 is 11.9 Å². The predicted octanol–water partition coefficient (Wildman–Crippen LogP) is 4.39. The van der Waals surface area contributed by atoms with Crippen LogP contribution in [0, 0.1) is 0 Å². The second-order valence-electron chi connectivity index (χ2n) is 5.21. The molecule has 0 rings (SSSR count). The van der Waals surface area contributed by atoms with E-state index in [1.165, 1.54) is 44.6 Å². The SMILES string of the molecule is O=C(O)C=CCCCCCCCCCCCCC(=O)O. The molecule has 0 aromatic rings. The molecule has 0 saturated heterocycles. The van der Waals surface area contributed by atoms with E-state index in [0.29, 0.717) is 6.42 Å². The number of carboxylic acid groups (broad SMARTS) is 2. The van der Waals surface area contributed by atoms with Gasteiger partial charge in [0.1, 0.15) is 0 Å². The van der Waals surface area contributed by atoms with E-state index in [-0.39, 0.29) is 0 Å². The molecule has 0 aliphatic carbocycles. The zero-order chi connectivity index (χ0) is 15.1. The monoisotopic (exact) mass is 284 g/mol. The number of allylic oxidation sites excluding steroid dienone is 1. The van der Waals surface area contributed by atoms with Gasteiger partial charge in [0.05, 0.1) is 0 Å². The van der Waals surface area contributed by atoms with Gasteiger partial charge in [-0.05, 0) is 19.3 Å². The topological polar surface area (TPSA) is 74.6 Å². The molecule has 2 N–H and O–H groups in total. The van der Waals surface area contributed by atoms with Crippen LogP contribution in [0.4, 0.5) is 0 Å². The molecule has 20 heavy (non-hydrogen) atoms. The summed E-state index contributed by atoms with van der Waals surface area (Å²) >= 11 is 0. The summed E-state index contributed by atoms with van der Waals surface area (Å²) in [7, 11) is 0. The van der Waals surface area contributed by atoms with Crippen molar-refractivity contribution in [1.29, 1.82) is 0 Å². The fourth-order valence-corrected chi connectivity index (χ4v) is 2.14. The summed E-state index contributed by atoms with van der Waals surface area (Å²) in [5.74, 6) is -1.56. The molecule has 0 aliphatic heterocycles. The highest BCUT2D eigenvalue weighted by molar-refractivity contribution is 5.79. The molecule has 0 unspecified atom stereocenters. The van der Waals surface area contributed by atoms with Crippen molar-refractivity contribution in [1.82, 2.24) is 0 Å². The van der Waals surface area contributed by atoms with Crippen LogP contribution in [0.25, 0.3) is 0 Å². The van der Waals surface area contributed by atoms with E-state index in [1.54, 1.807) is 6.08 Å². The molecule has 0 saturated carbocycles. The molecular formula is C16H28O4. The van der Waals surface area contributed by atoms with E-state index in [2.05, 4.69) is 0 Å². The maximum Gasteiger partial charge on any atom is 0.327 e. The summed E-state index contributed by atoms with van der Waals surface area (Å²) in [6.07, 6.45) is 15.5. The van der Waals surface area contributed by atoms with Gasteiger partial charge in [0.15, 0.2) is 0 Å². The van der Waals surface area contributed by atoms with Crippen LogP contribution in [0.1, 0.15) is 77.0 Å². The second-order valence-corrected chi connectivity index (χ2v) is 5.21. The van der Waals surface area contributed by atoms with Gasteiger partial charge in [0.25, 0.3) is 0 Å². The first kappa shape index (κ1) is 18.7. The molecule has 0 bridgehead atoms. The summed E-state index contributed by atoms with van der Waals surface area (Å²) in [5.41, 5.74) is 0. The molecular weight excluding hydrogens is 256 g/mol. The Kier molecular flexibility index (Phi) is 13.2. The molecule has 0 heterocycles. The Balaban J connectivity index is 3.06. The number of carboxylic acids is 2. The highest BCUT2D eigenvalue weighted by Crippen LogP contribution is 2.12. The second kappa shape index (κ2) is 14.1. The highest BCUT2D eigenvalue weighted by Gasteiger charge is 1.96. The van der Waals surface area contributed by atoms with Crippen molar-refractivity contribution in [2.45, 2.75) is 77.0 Å². The maximum atomic E-state index is 10.3. The Morgan fingerprint density at radius 1 is 0.700 bits per heavy atom. The van der Waals surface area contributed by atoms with E-state index in [1.807, 2.05) is 0 Å². The van der Waals surface area contributed by atoms with E-state index >= 15 is 0 Å². The van der Waals surface area contributed by atoms with Gasteiger partial charge in [-0.15, -0.1) is 0 Å². The Labute approximate surface area is 121 Å². The first-order chi connectivity index (χ1) is 9.63. The molecule has 0 aromatic heterocycles. The number of rotatable bonds is 14. The lowest BCUT2D eigenvalue weighted by Gasteiger charge is -2.01. The fourth-order valence-electron chi connectivity index (χ4n) is 2.14. The van der Waals surface area contributed by atoms with Crippen molar-refractivity contribution in [3.63, 3.8) is 0 Å². The molecule has 4 heteroatoms. The standard InChI is InChI=1S/C16H28O4/c17-15(18)13-11-9-7-5-3-1-2-4-6-8-10-12-14-16(19)20/h11,13H,1-10,12,14H2,(H,17,18)(H,19,20). The fraction of sp³-hybridized carbons (Fsp3) is 0.750. The lowest BCUT2D eigenvalue weighted by Crippen LogP contribution is -1.93. The van der Waals surface area contributed by atoms with E-state index in [0.717, 1.165) is 32.1 Å². The third-order valence-corrected chi connectivity index (χ3v) is 3.27. The Bertz CT molecular complexity index is 284. The molecule has 0 atom stereocenters. The Morgan fingerprint density at radius 2 is 1.15 bits per heavy atom. The van der Waals surface area contributed by atoms with Gasteiger partial charge in [-0.25, -0.2) is 4.79 Å².